The van der Waals surface area contributed by atoms with E-state index in [4.69, 9.17) is 33.2 Å². The van der Waals surface area contributed by atoms with E-state index in [1.54, 1.807) is 54.7 Å². The Labute approximate surface area is 469 Å². The molecule has 1 aliphatic heterocycles. The van der Waals surface area contributed by atoms with Gasteiger partial charge in [0.2, 0.25) is 11.8 Å². The van der Waals surface area contributed by atoms with Gasteiger partial charge in [-0.05, 0) is 67.6 Å². The molecule has 0 saturated carbocycles. The molecule has 26 nitrogen and oxygen atoms in total. The molecule has 1 aliphatic rings. The van der Waals surface area contributed by atoms with Crippen molar-refractivity contribution in [1.29, 1.82) is 0 Å². The number of hydrogen-bond donors (Lipinski definition) is 5. The predicted octanol–water partition coefficient (Wildman–Crippen LogP) is 4.50. The topological polar surface area (TPSA) is 328 Å². The van der Waals surface area contributed by atoms with E-state index < -0.39 is 87.7 Å². The minimum atomic E-state index is -4.53. The van der Waals surface area contributed by atoms with Crippen molar-refractivity contribution in [2.45, 2.75) is 93.9 Å². The van der Waals surface area contributed by atoms with Crippen molar-refractivity contribution in [2.24, 2.45) is 10.2 Å². The number of alkyl halides is 1. The molecule has 3 amide bonds. The molecule has 430 valence electrons. The van der Waals surface area contributed by atoms with Crippen molar-refractivity contribution >= 4 is 95.2 Å². The van der Waals surface area contributed by atoms with Crippen molar-refractivity contribution < 1.29 is 74.9 Å². The first-order chi connectivity index (χ1) is 38.0. The van der Waals surface area contributed by atoms with E-state index in [1.807, 2.05) is 43.3 Å². The van der Waals surface area contributed by atoms with Crippen LogP contribution in [0.1, 0.15) is 50.7 Å². The van der Waals surface area contributed by atoms with Gasteiger partial charge in [0.05, 0.1) is 50.5 Å². The lowest BCUT2D eigenvalue weighted by molar-refractivity contribution is -0.319. The summed E-state index contributed by atoms with van der Waals surface area (Å²) in [4.78, 5) is 78.4. The van der Waals surface area contributed by atoms with Gasteiger partial charge in [0.1, 0.15) is 29.3 Å². The number of fused-ring (bicyclic) bond motifs is 1. The Balaban J connectivity index is 1.09. The van der Waals surface area contributed by atoms with Crippen molar-refractivity contribution in [3.05, 3.63) is 102 Å². The first-order valence-corrected chi connectivity index (χ1v) is 27.1. The quantitative estimate of drug-likeness (QED) is 0.00919. The summed E-state index contributed by atoms with van der Waals surface area (Å²) in [6.07, 6.45) is -5.87. The molecule has 1 unspecified atom stereocenters. The molecule has 80 heavy (non-hydrogen) atoms. The predicted molar refractivity (Wildman–Crippen MR) is 291 cm³/mol. The smallest absolute Gasteiger partial charge is 0.303 e. The zero-order valence-corrected chi connectivity index (χ0v) is 47.2. The van der Waals surface area contributed by atoms with E-state index in [0.29, 0.717) is 33.7 Å². The van der Waals surface area contributed by atoms with Gasteiger partial charge < -0.3 is 59.3 Å². The number of carbonyl (C=O) groups is 6. The summed E-state index contributed by atoms with van der Waals surface area (Å²) in [6.45, 7) is 5.67. The summed E-state index contributed by atoms with van der Waals surface area (Å²) in [7, 11) is -0.627. The maximum Gasteiger partial charge on any atom is 0.303 e. The summed E-state index contributed by atoms with van der Waals surface area (Å²) in [5, 5.41) is 28.9. The van der Waals surface area contributed by atoms with E-state index in [2.05, 4.69) is 57.7 Å². The average Bonchev–Trinajstić information content (AvgIpc) is 3.98. The number of nitrogens with zero attached hydrogens (tertiary/aromatic N) is 6. The zero-order valence-electron chi connectivity index (χ0n) is 44.8. The molecule has 0 spiro atoms. The highest BCUT2D eigenvalue weighted by atomic mass is 79.9. The number of ether oxygens (including phenoxy) is 7. The number of nitrogens with one attached hydrogen (secondary N) is 4. The fourth-order valence-corrected chi connectivity index (χ4v) is 9.14. The van der Waals surface area contributed by atoms with Gasteiger partial charge in [-0.3, -0.25) is 33.3 Å². The second-order valence-corrected chi connectivity index (χ2v) is 21.4. The van der Waals surface area contributed by atoms with Gasteiger partial charge in [0, 0.05) is 82.6 Å². The number of aromatic nitrogens is 3. The second-order valence-electron chi connectivity index (χ2n) is 18.4. The minimum absolute atomic E-state index is 0.00552. The van der Waals surface area contributed by atoms with Crippen molar-refractivity contribution in [2.75, 3.05) is 63.8 Å². The number of amides is 3. The summed E-state index contributed by atoms with van der Waals surface area (Å²) < 4.78 is 74.6. The molecule has 1 saturated heterocycles. The summed E-state index contributed by atoms with van der Waals surface area (Å²) in [5.74, 6) is -4.03. The molecule has 0 aliphatic carbocycles. The number of carbonyl (C=O) groups excluding carboxylic acids is 6. The van der Waals surface area contributed by atoms with Gasteiger partial charge in [-0.15, -0.1) is 5.10 Å². The minimum Gasteiger partial charge on any atom is -0.463 e. The molecule has 4 aromatic carbocycles. The van der Waals surface area contributed by atoms with E-state index in [-0.39, 0.29) is 62.2 Å². The Kier molecular flexibility index (Phi) is 22.1. The Morgan fingerprint density at radius 1 is 0.825 bits per heavy atom. The Morgan fingerprint density at radius 3 is 2.11 bits per heavy atom. The molecule has 5 N–H and O–H groups in total. The van der Waals surface area contributed by atoms with Gasteiger partial charge in [-0.25, -0.2) is 4.68 Å². The molecule has 5 aromatic rings. The monoisotopic (exact) mass is 1190 g/mol. The van der Waals surface area contributed by atoms with Crippen molar-refractivity contribution in [1.82, 2.24) is 30.9 Å². The van der Waals surface area contributed by atoms with Gasteiger partial charge >= 0.3 is 17.9 Å². The second kappa shape index (κ2) is 28.6. The number of benzene rings is 4. The lowest BCUT2D eigenvalue weighted by atomic mass is 9.96. The van der Waals surface area contributed by atoms with E-state index in [0.717, 1.165) is 26.5 Å². The highest BCUT2D eigenvalue weighted by Gasteiger charge is 2.54. The van der Waals surface area contributed by atoms with Gasteiger partial charge in [0.15, 0.2) is 29.1 Å². The maximum absolute atomic E-state index is 14.1. The molecule has 2 heterocycles. The molecule has 28 heteroatoms. The first-order valence-electron chi connectivity index (χ1n) is 24.9. The third kappa shape index (κ3) is 17.8. The van der Waals surface area contributed by atoms with Crippen LogP contribution in [0.5, 0.6) is 0 Å². The number of esters is 3. The molecular formula is C52H63BrN10O16S. The molecule has 6 rings (SSSR count). The number of halogens is 1. The average molecular weight is 1200 g/mol. The van der Waals surface area contributed by atoms with Gasteiger partial charge in [-0.1, -0.05) is 45.4 Å². The SMILES string of the molecule is CC(=O)N[C@H]1[C@H](O[C@@H](OCCOCCn2cc(CNC(=O)c3ccc(N=Nc4ccc(N(C)C)cc4)cc3)nn2)C(C)(Br)C(=O)NCCNc2cccc3c(S(=O)(=O)O)cccc23)O[C@H](COC(C)=O)[C@@H](OC(C)=O)[C@@H]1OC(C)=O. The van der Waals surface area contributed by atoms with Crippen LogP contribution >= 0.6 is 15.9 Å². The van der Waals surface area contributed by atoms with Crippen LogP contribution in [0.25, 0.3) is 10.8 Å². The number of rotatable bonds is 27. The highest BCUT2D eigenvalue weighted by molar-refractivity contribution is 9.10. The van der Waals surface area contributed by atoms with E-state index in [1.165, 1.54) is 30.7 Å². The third-order valence-electron chi connectivity index (χ3n) is 11.9. The molecule has 1 aromatic heterocycles. The van der Waals surface area contributed by atoms with Crippen molar-refractivity contribution in [3.63, 3.8) is 0 Å². The fourth-order valence-electron chi connectivity index (χ4n) is 8.05. The number of hydrogen-bond acceptors (Lipinski definition) is 21. The van der Waals surface area contributed by atoms with Crippen LogP contribution < -0.4 is 26.2 Å². The summed E-state index contributed by atoms with van der Waals surface area (Å²) >= 11 is 3.48. The molecule has 1 fully saturated rings. The standard InChI is InChI=1S/C52H63BrN10O16S/c1-31(64)57-45-47(77-34(4)67)46(76-33(3)66)43(30-75-32(2)65)78-49(45)79-51(52(5,53)50(69)55-23-22-54-42-12-8-11-41-40(42)10-9-13-44(41)80(70,71)72)74-27-26-73-25-24-63-29-38(60-61-63)28-56-48(68)35-14-16-36(17-15-35)58-59-37-18-20-39(21-19-37)62(6)7/h8-21,29,43,45-47,49,51,54H,22-28,30H2,1-7H3,(H,55,69)(H,56,68)(H,57,64)(H,70,71,72)/t43-,45-,46-,47-,49+,51-,52?/m1/s1. The Morgan fingerprint density at radius 2 is 1.48 bits per heavy atom. The lowest BCUT2D eigenvalue weighted by Gasteiger charge is -2.46. The lowest BCUT2D eigenvalue weighted by Crippen LogP contribution is -2.67. The Bertz CT molecular complexity index is 3110. The van der Waals surface area contributed by atoms with E-state index in [9.17, 15) is 41.7 Å². The van der Waals surface area contributed by atoms with Gasteiger partial charge in [-0.2, -0.15) is 18.6 Å². The van der Waals surface area contributed by atoms with Crippen LogP contribution in [-0.4, -0.2) is 158 Å². The third-order valence-corrected chi connectivity index (χ3v) is 13.5. The normalized spacial score (nSPS) is 18.3. The van der Waals surface area contributed by atoms with Crippen LogP contribution in [0.3, 0.4) is 0 Å². The number of azo groups is 1. The number of anilines is 2. The molecule has 0 bridgehead atoms. The van der Waals surface area contributed by atoms with Crippen LogP contribution in [0.4, 0.5) is 22.7 Å². The zero-order chi connectivity index (χ0) is 58.1. The fraction of sp³-hybridized carbons (Fsp3) is 0.423. The molecular weight excluding hydrogens is 1130 g/mol. The first kappa shape index (κ1) is 61.7. The maximum atomic E-state index is 14.1. The summed E-state index contributed by atoms with van der Waals surface area (Å²) in [5.41, 5.74) is 3.70. The van der Waals surface area contributed by atoms with Crippen LogP contribution in [0.2, 0.25) is 0 Å². The van der Waals surface area contributed by atoms with Crippen LogP contribution in [0, 0.1) is 0 Å². The summed E-state index contributed by atoms with van der Waals surface area (Å²) in [6, 6.07) is 22.1. The Hall–Kier alpha value is -7.47. The van der Waals surface area contributed by atoms with Gasteiger partial charge in [0.25, 0.3) is 16.0 Å². The van der Waals surface area contributed by atoms with E-state index >= 15 is 0 Å². The largest absolute Gasteiger partial charge is 0.463 e. The van der Waals surface area contributed by atoms with Crippen molar-refractivity contribution in [3.8, 4) is 0 Å². The molecule has 0 radical (unpaired) electrons. The highest BCUT2D eigenvalue weighted by Crippen LogP contribution is 2.34. The molecule has 7 atom stereocenters. The van der Waals surface area contributed by atoms with Crippen LogP contribution in [0.15, 0.2) is 106 Å². The van der Waals surface area contributed by atoms with Crippen LogP contribution in [-0.2, 0) is 80.3 Å².